The number of aromatic carboxylic acids is 1. The van der Waals surface area contributed by atoms with E-state index in [1.165, 1.54) is 49.5 Å². The van der Waals surface area contributed by atoms with Crippen LogP contribution < -0.4 is 4.90 Å². The minimum Gasteiger partial charge on any atom is -0.478 e. The van der Waals surface area contributed by atoms with Gasteiger partial charge in [0.25, 0.3) is 5.91 Å². The monoisotopic (exact) mass is 650 g/mol. The fourth-order valence-corrected chi connectivity index (χ4v) is 7.69. The molecule has 5 rings (SSSR count). The summed E-state index contributed by atoms with van der Waals surface area (Å²) >= 11 is 18.1. The van der Waals surface area contributed by atoms with Crippen molar-refractivity contribution in [2.24, 2.45) is 0 Å². The van der Waals surface area contributed by atoms with Crippen molar-refractivity contribution >= 4 is 68.4 Å². The van der Waals surface area contributed by atoms with Gasteiger partial charge in [0.2, 0.25) is 10.0 Å². The number of amides is 3. The summed E-state index contributed by atoms with van der Waals surface area (Å²) in [5, 5.41) is 18.5. The van der Waals surface area contributed by atoms with Crippen LogP contribution >= 0.6 is 34.8 Å². The number of nitrogens with zero attached hydrogens (tertiary/aromatic N) is 4. The number of carbonyl (C=O) groups is 3. The highest BCUT2D eigenvalue weighted by molar-refractivity contribution is 7.89. The SMILES string of the molecule is CN1C(=O)N(c2cc(Cl)cc(Cl)c2)C(=O)C12CN(S(=O)(=O)c1cc(C(=O)O)c(Cl)cc1F)CC2c1ccc(C#N)cc1. The quantitative estimate of drug-likeness (QED) is 0.384. The highest BCUT2D eigenvalue weighted by Crippen LogP contribution is 2.48. The van der Waals surface area contributed by atoms with Crippen molar-refractivity contribution < 1.29 is 32.3 Å². The smallest absolute Gasteiger partial charge is 0.337 e. The molecule has 0 saturated carbocycles. The van der Waals surface area contributed by atoms with Crippen LogP contribution in [0.25, 0.3) is 0 Å². The molecule has 2 aliphatic rings. The maximum atomic E-state index is 15.0. The maximum absolute atomic E-state index is 15.0. The number of carbonyl (C=O) groups excluding carboxylic acids is 2. The molecule has 1 N–H and O–H groups in total. The molecule has 2 atom stereocenters. The summed E-state index contributed by atoms with van der Waals surface area (Å²) in [6.45, 7) is -0.997. The van der Waals surface area contributed by atoms with Crippen molar-refractivity contribution in [2.75, 3.05) is 25.0 Å². The number of rotatable bonds is 5. The number of sulfonamides is 1. The lowest BCUT2D eigenvalue weighted by atomic mass is 9.80. The molecule has 0 aliphatic carbocycles. The number of anilines is 1. The lowest BCUT2D eigenvalue weighted by molar-refractivity contribution is -0.124. The Kier molecular flexibility index (Phi) is 7.45. The van der Waals surface area contributed by atoms with Gasteiger partial charge in [0.1, 0.15) is 16.3 Å². The third-order valence-corrected chi connectivity index (χ3v) is 10.0. The fraction of sp³-hybridized carbons (Fsp3) is 0.185. The van der Waals surface area contributed by atoms with Crippen LogP contribution in [0.1, 0.15) is 27.4 Å². The molecule has 2 fully saturated rings. The number of carboxylic acid groups (broad SMARTS) is 1. The van der Waals surface area contributed by atoms with Gasteiger partial charge >= 0.3 is 12.0 Å². The van der Waals surface area contributed by atoms with Crippen LogP contribution in [-0.2, 0) is 14.8 Å². The van der Waals surface area contributed by atoms with Gasteiger partial charge in [0.15, 0.2) is 0 Å². The Bertz CT molecular complexity index is 1810. The molecular weight excluding hydrogens is 634 g/mol. The van der Waals surface area contributed by atoms with Crippen molar-refractivity contribution in [2.45, 2.75) is 16.4 Å². The summed E-state index contributed by atoms with van der Waals surface area (Å²) in [5.74, 6) is -4.64. The zero-order valence-electron chi connectivity index (χ0n) is 21.4. The first-order chi connectivity index (χ1) is 19.7. The van der Waals surface area contributed by atoms with Crippen molar-refractivity contribution in [1.82, 2.24) is 9.21 Å². The van der Waals surface area contributed by atoms with E-state index in [1.54, 1.807) is 0 Å². The zero-order valence-corrected chi connectivity index (χ0v) is 24.5. The molecule has 0 bridgehead atoms. The summed E-state index contributed by atoms with van der Waals surface area (Å²) in [4.78, 5) is 40.5. The van der Waals surface area contributed by atoms with Crippen molar-refractivity contribution in [3.63, 3.8) is 0 Å². The van der Waals surface area contributed by atoms with E-state index < -0.39 is 73.8 Å². The first kappa shape index (κ1) is 29.8. The number of carboxylic acids is 1. The average Bonchev–Trinajstić information content (AvgIpc) is 3.41. The van der Waals surface area contributed by atoms with Crippen LogP contribution in [0.5, 0.6) is 0 Å². The number of urea groups is 1. The summed E-state index contributed by atoms with van der Waals surface area (Å²) in [5.41, 5.74) is -1.68. The largest absolute Gasteiger partial charge is 0.478 e. The van der Waals surface area contributed by atoms with Crippen LogP contribution in [0.2, 0.25) is 15.1 Å². The molecule has 1 spiro atoms. The van der Waals surface area contributed by atoms with E-state index in [0.29, 0.717) is 23.3 Å². The Labute approximate surface area is 254 Å². The van der Waals surface area contributed by atoms with Gasteiger partial charge in [-0.1, -0.05) is 46.9 Å². The number of nitriles is 1. The Balaban J connectivity index is 1.67. The maximum Gasteiger partial charge on any atom is 0.337 e. The first-order valence-electron chi connectivity index (χ1n) is 12.0. The minimum atomic E-state index is -4.79. The predicted octanol–water partition coefficient (Wildman–Crippen LogP) is 4.98. The minimum absolute atomic E-state index is 0.0564. The van der Waals surface area contributed by atoms with E-state index >= 15 is 4.39 Å². The highest BCUT2D eigenvalue weighted by Gasteiger charge is 2.66. The Morgan fingerprint density at radius 1 is 1.07 bits per heavy atom. The standard InChI is InChI=1S/C27H18Cl3FN4O6S/c1-33-26(39)35(18-7-16(28)6-17(29)8-18)25(38)27(33)13-34(12-20(27)15-4-2-14(11-32)3-5-15)42(40,41)23-9-19(24(36)37)21(30)10-22(23)31/h2-10,20H,12-13H2,1H3,(H,36,37). The number of halogens is 4. The Hall–Kier alpha value is -3.73. The van der Waals surface area contributed by atoms with Crippen LogP contribution in [0, 0.1) is 17.1 Å². The van der Waals surface area contributed by atoms with E-state index in [2.05, 4.69) is 0 Å². The van der Waals surface area contributed by atoms with Gasteiger partial charge in [-0.05, 0) is 48.0 Å². The normalized spacial score (nSPS) is 20.9. The van der Waals surface area contributed by atoms with Gasteiger partial charge in [0.05, 0.1) is 27.9 Å². The Morgan fingerprint density at radius 3 is 2.26 bits per heavy atom. The van der Waals surface area contributed by atoms with Crippen LogP contribution in [0.4, 0.5) is 14.9 Å². The van der Waals surface area contributed by atoms with E-state index in [-0.39, 0.29) is 15.7 Å². The summed E-state index contributed by atoms with van der Waals surface area (Å²) in [6.07, 6.45) is 0. The summed E-state index contributed by atoms with van der Waals surface area (Å²) in [7, 11) is -3.45. The molecule has 15 heteroatoms. The topological polar surface area (TPSA) is 139 Å². The number of hydrogen-bond acceptors (Lipinski definition) is 6. The average molecular weight is 652 g/mol. The van der Waals surface area contributed by atoms with E-state index in [4.69, 9.17) is 34.8 Å². The molecule has 3 aromatic carbocycles. The van der Waals surface area contributed by atoms with Crippen LogP contribution in [-0.4, -0.2) is 66.3 Å². The molecule has 2 heterocycles. The third-order valence-electron chi connectivity index (χ3n) is 7.45. The molecule has 3 amide bonds. The summed E-state index contributed by atoms with van der Waals surface area (Å²) in [6, 6.07) is 12.5. The van der Waals surface area contributed by atoms with E-state index in [9.17, 15) is 33.2 Å². The molecule has 2 saturated heterocycles. The molecule has 0 aromatic heterocycles. The van der Waals surface area contributed by atoms with E-state index in [1.807, 2.05) is 6.07 Å². The second kappa shape index (κ2) is 10.5. The van der Waals surface area contributed by atoms with Crippen LogP contribution in [0.15, 0.2) is 59.5 Å². The lowest BCUT2D eigenvalue weighted by Gasteiger charge is -2.33. The Morgan fingerprint density at radius 2 is 1.69 bits per heavy atom. The predicted molar refractivity (Wildman–Crippen MR) is 151 cm³/mol. The van der Waals surface area contributed by atoms with Gasteiger partial charge in [0, 0.05) is 36.1 Å². The zero-order chi connectivity index (χ0) is 30.7. The fourth-order valence-electron chi connectivity index (χ4n) is 5.38. The van der Waals surface area contributed by atoms with Crippen molar-refractivity contribution in [3.8, 4) is 6.07 Å². The second-order valence-corrected chi connectivity index (χ2v) is 12.9. The number of hydrogen-bond donors (Lipinski definition) is 1. The van der Waals surface area contributed by atoms with Gasteiger partial charge in [-0.2, -0.15) is 9.57 Å². The molecule has 0 radical (unpaired) electrons. The van der Waals surface area contributed by atoms with Gasteiger partial charge < -0.3 is 10.0 Å². The molecule has 2 unspecified atom stereocenters. The van der Waals surface area contributed by atoms with Crippen molar-refractivity contribution in [3.05, 3.63) is 92.2 Å². The third kappa shape index (κ3) is 4.58. The lowest BCUT2D eigenvalue weighted by Crippen LogP contribution is -2.54. The van der Waals surface area contributed by atoms with Gasteiger partial charge in [-0.15, -0.1) is 0 Å². The number of imide groups is 1. The van der Waals surface area contributed by atoms with Gasteiger partial charge in [-0.25, -0.2) is 27.3 Å². The molecule has 2 aliphatic heterocycles. The highest BCUT2D eigenvalue weighted by atomic mass is 35.5. The number of benzene rings is 3. The molecule has 42 heavy (non-hydrogen) atoms. The first-order valence-corrected chi connectivity index (χ1v) is 14.6. The van der Waals surface area contributed by atoms with E-state index in [0.717, 1.165) is 14.1 Å². The molecular formula is C27H18Cl3FN4O6S. The van der Waals surface area contributed by atoms with Crippen LogP contribution in [0.3, 0.4) is 0 Å². The molecule has 3 aromatic rings. The molecule has 10 nitrogen and oxygen atoms in total. The molecule has 216 valence electrons. The number of likely N-dealkylation sites (N-methyl/N-ethyl adjacent to an activating group) is 1. The second-order valence-electron chi connectivity index (χ2n) is 9.69. The summed E-state index contributed by atoms with van der Waals surface area (Å²) < 4.78 is 43.5. The van der Waals surface area contributed by atoms with Gasteiger partial charge in [-0.3, -0.25) is 4.79 Å². The van der Waals surface area contributed by atoms with Crippen molar-refractivity contribution in [1.29, 1.82) is 5.26 Å².